The normalized spacial score (nSPS) is 16.2. The molecule has 0 aromatic carbocycles. The number of rotatable bonds is 3. The van der Waals surface area contributed by atoms with Gasteiger partial charge in [0.1, 0.15) is 0 Å². The summed E-state index contributed by atoms with van der Waals surface area (Å²) in [7, 11) is 1.93. The number of nitrogens with zero attached hydrogens (tertiary/aromatic N) is 1. The molecule has 0 bridgehead atoms. The molecule has 0 aliphatic heterocycles. The molecular formula is C6H11NOSi. The monoisotopic (exact) mass is 141 g/mol. The number of nitriles is 1. The molecule has 1 unspecified atom stereocenters. The summed E-state index contributed by atoms with van der Waals surface area (Å²) in [6.45, 7) is 3.91. The SMILES string of the molecule is CCC(C)(C#N)[Si]OC. The Morgan fingerprint density at radius 1 is 1.78 bits per heavy atom. The zero-order valence-electron chi connectivity index (χ0n) is 6.06. The van der Waals surface area contributed by atoms with Crippen LogP contribution in [0.25, 0.3) is 0 Å². The predicted molar refractivity (Wildman–Crippen MR) is 37.0 cm³/mol. The molecule has 0 spiro atoms. The van der Waals surface area contributed by atoms with E-state index in [0.29, 0.717) is 9.76 Å². The van der Waals surface area contributed by atoms with E-state index in [0.717, 1.165) is 6.42 Å². The average molecular weight is 141 g/mol. The van der Waals surface area contributed by atoms with Crippen LogP contribution in [-0.2, 0) is 4.43 Å². The second kappa shape index (κ2) is 3.65. The summed E-state index contributed by atoms with van der Waals surface area (Å²) in [5.41, 5.74) is 0. The molecule has 3 heteroatoms. The Morgan fingerprint density at radius 2 is 2.33 bits per heavy atom. The lowest BCUT2D eigenvalue weighted by Crippen LogP contribution is -2.15. The molecule has 0 aliphatic rings. The average Bonchev–Trinajstić information content (AvgIpc) is 1.89. The Labute approximate surface area is 58.8 Å². The Hall–Kier alpha value is -0.333. The standard InChI is InChI=1S/C6H11NOSi/c1-4-6(2,5-7)9-8-3/h4H2,1-3H3. The molecule has 0 aromatic heterocycles. The first-order chi connectivity index (χ1) is 4.18. The van der Waals surface area contributed by atoms with Gasteiger partial charge in [-0.25, -0.2) is 0 Å². The van der Waals surface area contributed by atoms with Crippen LogP contribution >= 0.6 is 0 Å². The van der Waals surface area contributed by atoms with Crippen molar-refractivity contribution in [2.45, 2.75) is 25.3 Å². The minimum atomic E-state index is -0.255. The van der Waals surface area contributed by atoms with Gasteiger partial charge in [-0.3, -0.25) is 0 Å². The van der Waals surface area contributed by atoms with Crippen molar-refractivity contribution >= 4 is 9.76 Å². The summed E-state index contributed by atoms with van der Waals surface area (Å²) in [5, 5.41) is 8.34. The minimum absolute atomic E-state index is 0.255. The first-order valence-electron chi connectivity index (χ1n) is 2.90. The van der Waals surface area contributed by atoms with Crippen molar-refractivity contribution < 1.29 is 4.43 Å². The van der Waals surface area contributed by atoms with Crippen molar-refractivity contribution in [2.75, 3.05) is 7.11 Å². The van der Waals surface area contributed by atoms with E-state index < -0.39 is 0 Å². The van der Waals surface area contributed by atoms with E-state index in [1.165, 1.54) is 0 Å². The zero-order valence-corrected chi connectivity index (χ0v) is 7.06. The van der Waals surface area contributed by atoms with Crippen molar-refractivity contribution in [3.05, 3.63) is 0 Å². The second-order valence-electron chi connectivity index (χ2n) is 2.10. The van der Waals surface area contributed by atoms with E-state index in [1.807, 2.05) is 13.8 Å². The highest BCUT2D eigenvalue weighted by Gasteiger charge is 2.22. The molecule has 50 valence electrons. The topological polar surface area (TPSA) is 33.0 Å². The second-order valence-corrected chi connectivity index (χ2v) is 3.82. The molecule has 0 N–H and O–H groups in total. The fourth-order valence-electron chi connectivity index (χ4n) is 0.399. The molecule has 0 fully saturated rings. The maximum Gasteiger partial charge on any atom is 0.251 e. The third-order valence-electron chi connectivity index (χ3n) is 1.28. The van der Waals surface area contributed by atoms with Gasteiger partial charge in [0.25, 0.3) is 9.76 Å². The number of hydrogen-bond donors (Lipinski definition) is 0. The van der Waals surface area contributed by atoms with Crippen molar-refractivity contribution in [2.24, 2.45) is 0 Å². The van der Waals surface area contributed by atoms with Crippen LogP contribution in [0.15, 0.2) is 0 Å². The smallest absolute Gasteiger partial charge is 0.251 e. The fourth-order valence-corrected chi connectivity index (χ4v) is 1.04. The van der Waals surface area contributed by atoms with Crippen molar-refractivity contribution in [1.29, 1.82) is 5.26 Å². The molecule has 0 aromatic rings. The third kappa shape index (κ3) is 2.63. The lowest BCUT2D eigenvalue weighted by molar-refractivity contribution is 0.418. The Kier molecular flexibility index (Phi) is 3.51. The van der Waals surface area contributed by atoms with Crippen molar-refractivity contribution in [3.8, 4) is 6.07 Å². The molecule has 0 rings (SSSR count). The third-order valence-corrected chi connectivity index (χ3v) is 2.40. The van der Waals surface area contributed by atoms with Crippen LogP contribution in [0, 0.1) is 11.3 Å². The van der Waals surface area contributed by atoms with E-state index in [4.69, 9.17) is 9.69 Å². The highest BCUT2D eigenvalue weighted by atomic mass is 28.2. The minimum Gasteiger partial charge on any atom is -0.419 e. The summed E-state index contributed by atoms with van der Waals surface area (Å²) >= 11 is 0. The lowest BCUT2D eigenvalue weighted by atomic mass is 10.1. The van der Waals surface area contributed by atoms with Gasteiger partial charge in [0.2, 0.25) is 0 Å². The van der Waals surface area contributed by atoms with Gasteiger partial charge in [0.15, 0.2) is 0 Å². The van der Waals surface area contributed by atoms with Gasteiger partial charge in [-0.15, -0.1) is 0 Å². The Bertz CT molecular complexity index is 121. The summed E-state index contributed by atoms with van der Waals surface area (Å²) in [6.07, 6.45) is 0.857. The lowest BCUT2D eigenvalue weighted by Gasteiger charge is -2.14. The first kappa shape index (κ1) is 8.67. The first-order valence-corrected chi connectivity index (χ1v) is 3.80. The molecule has 0 aliphatic carbocycles. The molecule has 0 amide bonds. The largest absolute Gasteiger partial charge is 0.419 e. The van der Waals surface area contributed by atoms with Gasteiger partial charge >= 0.3 is 0 Å². The highest BCUT2D eigenvalue weighted by molar-refractivity contribution is 6.33. The van der Waals surface area contributed by atoms with E-state index in [2.05, 4.69) is 6.07 Å². The van der Waals surface area contributed by atoms with Crippen LogP contribution in [-0.4, -0.2) is 16.9 Å². The van der Waals surface area contributed by atoms with Crippen LogP contribution < -0.4 is 0 Å². The van der Waals surface area contributed by atoms with Gasteiger partial charge < -0.3 is 4.43 Å². The van der Waals surface area contributed by atoms with Crippen LogP contribution in [0.3, 0.4) is 0 Å². The summed E-state index contributed by atoms with van der Waals surface area (Å²) in [4.78, 5) is 0. The van der Waals surface area contributed by atoms with E-state index >= 15 is 0 Å². The van der Waals surface area contributed by atoms with E-state index in [9.17, 15) is 0 Å². The van der Waals surface area contributed by atoms with Gasteiger partial charge in [0, 0.05) is 7.11 Å². The molecule has 0 saturated heterocycles. The van der Waals surface area contributed by atoms with Gasteiger partial charge in [-0.05, 0) is 13.3 Å². The molecule has 1 atom stereocenters. The molecule has 0 heterocycles. The van der Waals surface area contributed by atoms with E-state index in [-0.39, 0.29) is 5.04 Å². The zero-order chi connectivity index (χ0) is 7.33. The maximum absolute atomic E-state index is 8.59. The highest BCUT2D eigenvalue weighted by Crippen LogP contribution is 2.25. The van der Waals surface area contributed by atoms with Gasteiger partial charge in [0.05, 0.1) is 11.1 Å². The van der Waals surface area contributed by atoms with Crippen LogP contribution in [0.5, 0.6) is 0 Å². The van der Waals surface area contributed by atoms with Crippen LogP contribution in [0.1, 0.15) is 20.3 Å². The molecule has 2 nitrogen and oxygen atoms in total. The predicted octanol–water partition coefficient (Wildman–Crippen LogP) is 1.36. The number of hydrogen-bond acceptors (Lipinski definition) is 2. The fraction of sp³-hybridized carbons (Fsp3) is 0.833. The molecule has 0 saturated carbocycles. The Morgan fingerprint density at radius 3 is 2.44 bits per heavy atom. The van der Waals surface area contributed by atoms with Gasteiger partial charge in [-0.2, -0.15) is 5.26 Å². The quantitative estimate of drug-likeness (QED) is 0.556. The van der Waals surface area contributed by atoms with E-state index in [1.54, 1.807) is 7.11 Å². The van der Waals surface area contributed by atoms with Crippen LogP contribution in [0.4, 0.5) is 0 Å². The van der Waals surface area contributed by atoms with Gasteiger partial charge in [-0.1, -0.05) is 6.92 Å². The van der Waals surface area contributed by atoms with Crippen molar-refractivity contribution in [1.82, 2.24) is 0 Å². The van der Waals surface area contributed by atoms with Crippen LogP contribution in [0.2, 0.25) is 5.04 Å². The maximum atomic E-state index is 8.59. The van der Waals surface area contributed by atoms with Crippen molar-refractivity contribution in [3.63, 3.8) is 0 Å². The molecule has 2 radical (unpaired) electrons. The summed E-state index contributed by atoms with van der Waals surface area (Å²) < 4.78 is 4.89. The molecular weight excluding hydrogens is 130 g/mol. The Balaban J connectivity index is 3.81. The summed E-state index contributed by atoms with van der Waals surface area (Å²) in [6, 6.07) is 2.22. The molecule has 9 heavy (non-hydrogen) atoms. The summed E-state index contributed by atoms with van der Waals surface area (Å²) in [5.74, 6) is 0.